The number of aromatic nitrogens is 1. The summed E-state index contributed by atoms with van der Waals surface area (Å²) in [5.41, 5.74) is 3.62. The van der Waals surface area contributed by atoms with Crippen molar-refractivity contribution < 1.29 is 13.2 Å². The number of ketones is 1. The van der Waals surface area contributed by atoms with Gasteiger partial charge in [0.15, 0.2) is 5.78 Å². The Morgan fingerprint density at radius 3 is 2.17 bits per heavy atom. The zero-order valence-electron chi connectivity index (χ0n) is 19.4. The predicted molar refractivity (Wildman–Crippen MR) is 139 cm³/mol. The summed E-state index contributed by atoms with van der Waals surface area (Å²) < 4.78 is 29.5. The molecule has 0 spiro atoms. The Labute approximate surface area is 210 Å². The van der Waals surface area contributed by atoms with Crippen molar-refractivity contribution in [2.24, 2.45) is 7.05 Å². The molecule has 1 aliphatic rings. The number of carbonyl (C=O) groups excluding carboxylic acids is 1. The van der Waals surface area contributed by atoms with Crippen molar-refractivity contribution in [3.8, 4) is 11.3 Å². The van der Waals surface area contributed by atoms with Crippen molar-refractivity contribution >= 4 is 38.3 Å². The molecular formula is C27H26ClN3O3S. The van der Waals surface area contributed by atoms with E-state index in [1.807, 2.05) is 66.5 Å². The van der Waals surface area contributed by atoms with Crippen molar-refractivity contribution in [2.45, 2.75) is 4.90 Å². The molecule has 0 radical (unpaired) electrons. The molecule has 0 amide bonds. The van der Waals surface area contributed by atoms with Crippen LogP contribution in [0.2, 0.25) is 5.02 Å². The molecule has 180 valence electrons. The van der Waals surface area contributed by atoms with Crippen LogP contribution < -0.4 is 0 Å². The van der Waals surface area contributed by atoms with Crippen LogP contribution in [0.3, 0.4) is 0 Å². The van der Waals surface area contributed by atoms with Gasteiger partial charge in [-0.25, -0.2) is 8.42 Å². The molecule has 3 aromatic carbocycles. The molecule has 0 aliphatic carbocycles. The second-order valence-electron chi connectivity index (χ2n) is 8.72. The Hall–Kier alpha value is -2.97. The van der Waals surface area contributed by atoms with E-state index in [4.69, 9.17) is 11.6 Å². The average Bonchev–Trinajstić information content (AvgIpc) is 3.18. The molecule has 0 unspecified atom stereocenters. The van der Waals surface area contributed by atoms with Gasteiger partial charge < -0.3 is 4.57 Å². The highest BCUT2D eigenvalue weighted by atomic mass is 35.5. The number of piperazine rings is 1. The van der Waals surface area contributed by atoms with E-state index in [1.165, 1.54) is 16.4 Å². The van der Waals surface area contributed by atoms with Gasteiger partial charge in [0.2, 0.25) is 10.0 Å². The summed E-state index contributed by atoms with van der Waals surface area (Å²) in [4.78, 5) is 15.9. The van der Waals surface area contributed by atoms with E-state index in [9.17, 15) is 13.2 Å². The van der Waals surface area contributed by atoms with E-state index < -0.39 is 10.0 Å². The summed E-state index contributed by atoms with van der Waals surface area (Å²) >= 11 is 5.91. The van der Waals surface area contributed by atoms with Gasteiger partial charge in [0.1, 0.15) is 0 Å². The Morgan fingerprint density at radius 2 is 1.49 bits per heavy atom. The quantitative estimate of drug-likeness (QED) is 0.355. The lowest BCUT2D eigenvalue weighted by Crippen LogP contribution is -2.49. The monoisotopic (exact) mass is 507 g/mol. The molecule has 1 fully saturated rings. The Kier molecular flexibility index (Phi) is 6.51. The molecule has 0 N–H and O–H groups in total. The summed E-state index contributed by atoms with van der Waals surface area (Å²) in [6, 6.07) is 24.1. The highest BCUT2D eigenvalue weighted by Gasteiger charge is 2.30. The van der Waals surface area contributed by atoms with E-state index >= 15 is 0 Å². The van der Waals surface area contributed by atoms with Crippen LogP contribution in [0.5, 0.6) is 0 Å². The molecule has 0 saturated carbocycles. The third kappa shape index (κ3) is 4.52. The topological polar surface area (TPSA) is 62.6 Å². The number of aryl methyl sites for hydroxylation is 1. The Bertz CT molecular complexity index is 1470. The third-order valence-electron chi connectivity index (χ3n) is 6.58. The molecule has 0 atom stereocenters. The molecule has 1 saturated heterocycles. The van der Waals surface area contributed by atoms with Gasteiger partial charge in [0.25, 0.3) is 0 Å². The molecule has 35 heavy (non-hydrogen) atoms. The fraction of sp³-hybridized carbons (Fsp3) is 0.222. The van der Waals surface area contributed by atoms with Gasteiger partial charge in [-0.15, -0.1) is 0 Å². The molecule has 5 rings (SSSR count). The second-order valence-corrected chi connectivity index (χ2v) is 11.1. The standard InChI is InChI=1S/C27H26ClN3O3S/c1-29-24-10-6-5-9-23(24)26(27(29)20-7-3-2-4-8-20)25(32)19-30-15-17-31(18-16-30)35(33,34)22-13-11-21(28)12-14-22/h2-14H,15-19H2,1H3. The highest BCUT2D eigenvalue weighted by Crippen LogP contribution is 2.33. The van der Waals surface area contributed by atoms with E-state index in [2.05, 4.69) is 4.57 Å². The van der Waals surface area contributed by atoms with E-state index in [0.717, 1.165) is 22.2 Å². The van der Waals surface area contributed by atoms with E-state index in [1.54, 1.807) is 12.1 Å². The number of hydrogen-bond acceptors (Lipinski definition) is 4. The van der Waals surface area contributed by atoms with Gasteiger partial charge >= 0.3 is 0 Å². The number of Topliss-reactive ketones (excluding diaryl/α,β-unsaturated/α-hetero) is 1. The number of para-hydroxylation sites is 1. The Balaban J connectivity index is 1.36. The molecule has 8 heteroatoms. The average molecular weight is 508 g/mol. The molecule has 0 bridgehead atoms. The van der Waals surface area contributed by atoms with Crippen LogP contribution in [0.25, 0.3) is 22.2 Å². The fourth-order valence-electron chi connectivity index (χ4n) is 4.78. The molecule has 1 aromatic heterocycles. The minimum Gasteiger partial charge on any atom is -0.343 e. The summed E-state index contributed by atoms with van der Waals surface area (Å²) in [5.74, 6) is 0.0367. The van der Waals surface area contributed by atoms with Crippen LogP contribution in [0.4, 0.5) is 0 Å². The minimum absolute atomic E-state index is 0.0367. The second kappa shape index (κ2) is 9.59. The van der Waals surface area contributed by atoms with Crippen LogP contribution in [-0.2, 0) is 17.1 Å². The summed E-state index contributed by atoms with van der Waals surface area (Å²) in [6.07, 6.45) is 0. The highest BCUT2D eigenvalue weighted by molar-refractivity contribution is 7.89. The van der Waals surface area contributed by atoms with Crippen molar-refractivity contribution in [1.29, 1.82) is 0 Å². The van der Waals surface area contributed by atoms with Crippen molar-refractivity contribution in [1.82, 2.24) is 13.8 Å². The first-order valence-electron chi connectivity index (χ1n) is 11.5. The smallest absolute Gasteiger partial charge is 0.243 e. The van der Waals surface area contributed by atoms with Crippen LogP contribution >= 0.6 is 11.6 Å². The first-order chi connectivity index (χ1) is 16.9. The van der Waals surface area contributed by atoms with Gasteiger partial charge in [-0.2, -0.15) is 4.31 Å². The molecular weight excluding hydrogens is 482 g/mol. The van der Waals surface area contributed by atoms with Crippen molar-refractivity contribution in [3.63, 3.8) is 0 Å². The van der Waals surface area contributed by atoms with Gasteiger partial charge in [-0.05, 0) is 35.9 Å². The van der Waals surface area contributed by atoms with Crippen molar-refractivity contribution in [3.05, 3.63) is 89.4 Å². The number of benzene rings is 3. The summed E-state index contributed by atoms with van der Waals surface area (Å²) in [7, 11) is -1.60. The zero-order valence-corrected chi connectivity index (χ0v) is 21.0. The lowest BCUT2D eigenvalue weighted by Gasteiger charge is -2.33. The Morgan fingerprint density at radius 1 is 0.857 bits per heavy atom. The number of rotatable bonds is 6. The summed E-state index contributed by atoms with van der Waals surface area (Å²) in [6.45, 7) is 1.88. The van der Waals surface area contributed by atoms with Gasteiger partial charge in [-0.1, -0.05) is 60.1 Å². The molecule has 6 nitrogen and oxygen atoms in total. The third-order valence-corrected chi connectivity index (χ3v) is 8.75. The van der Waals surface area contributed by atoms with Crippen LogP contribution in [0, 0.1) is 0 Å². The number of carbonyl (C=O) groups is 1. The number of nitrogens with zero attached hydrogens (tertiary/aromatic N) is 3. The lowest BCUT2D eigenvalue weighted by atomic mass is 10.0. The van der Waals surface area contributed by atoms with Gasteiger partial charge in [-0.3, -0.25) is 9.69 Å². The predicted octanol–water partition coefficient (Wildman–Crippen LogP) is 4.69. The number of fused-ring (bicyclic) bond motifs is 1. The largest absolute Gasteiger partial charge is 0.343 e. The van der Waals surface area contributed by atoms with E-state index in [0.29, 0.717) is 36.8 Å². The number of halogens is 1. The maximum Gasteiger partial charge on any atom is 0.243 e. The normalized spacial score (nSPS) is 15.5. The number of hydrogen-bond donors (Lipinski definition) is 0. The maximum absolute atomic E-state index is 13.7. The number of sulfonamides is 1. The lowest BCUT2D eigenvalue weighted by molar-refractivity contribution is 0.0904. The van der Waals surface area contributed by atoms with Gasteiger partial charge in [0.05, 0.1) is 22.7 Å². The van der Waals surface area contributed by atoms with Crippen molar-refractivity contribution in [2.75, 3.05) is 32.7 Å². The molecule has 1 aliphatic heterocycles. The molecule has 4 aromatic rings. The fourth-order valence-corrected chi connectivity index (χ4v) is 6.32. The minimum atomic E-state index is -3.59. The van der Waals surface area contributed by atoms with Crippen LogP contribution in [-0.4, -0.2) is 60.7 Å². The molecule has 2 heterocycles. The summed E-state index contributed by atoms with van der Waals surface area (Å²) in [5, 5.41) is 1.43. The first-order valence-corrected chi connectivity index (χ1v) is 13.3. The van der Waals surface area contributed by atoms with Crippen LogP contribution in [0.15, 0.2) is 83.8 Å². The van der Waals surface area contributed by atoms with Gasteiger partial charge in [0, 0.05) is 49.2 Å². The SMILES string of the molecule is Cn1c(-c2ccccc2)c(C(=O)CN2CCN(S(=O)(=O)c3ccc(Cl)cc3)CC2)c2ccccc21. The zero-order chi connectivity index (χ0) is 24.6. The van der Waals surface area contributed by atoms with Crippen LogP contribution in [0.1, 0.15) is 10.4 Å². The maximum atomic E-state index is 13.7. The van der Waals surface area contributed by atoms with E-state index in [-0.39, 0.29) is 17.2 Å². The first kappa shape index (κ1) is 23.8.